The Balaban J connectivity index is 1.63. The van der Waals surface area contributed by atoms with E-state index in [9.17, 15) is 5.11 Å². The molecule has 3 rings (SSSR count). The molecule has 1 unspecified atom stereocenters. The molecule has 5 heteroatoms. The number of aliphatic hydroxyl groups is 1. The number of thiophene rings is 1. The maximum atomic E-state index is 10.3. The van der Waals surface area contributed by atoms with Crippen molar-refractivity contribution in [3.05, 3.63) is 34.3 Å². The molecule has 1 atom stereocenters. The first-order chi connectivity index (χ1) is 10.3. The van der Waals surface area contributed by atoms with Crippen LogP contribution in [0.2, 0.25) is 0 Å². The second-order valence-corrected chi connectivity index (χ2v) is 6.63. The predicted octanol–water partition coefficient (Wildman–Crippen LogP) is 3.73. The van der Waals surface area contributed by atoms with Crippen LogP contribution in [0.25, 0.3) is 0 Å². The van der Waals surface area contributed by atoms with Gasteiger partial charge in [-0.05, 0) is 25.0 Å². The fourth-order valence-corrected chi connectivity index (χ4v) is 3.79. The van der Waals surface area contributed by atoms with E-state index >= 15 is 0 Å². The first-order valence-corrected chi connectivity index (χ1v) is 8.49. The van der Waals surface area contributed by atoms with Crippen molar-refractivity contribution in [3.8, 4) is 5.75 Å². The molecule has 4 nitrogen and oxygen atoms in total. The second kappa shape index (κ2) is 6.62. The van der Waals surface area contributed by atoms with Gasteiger partial charge in [0.05, 0.1) is 24.9 Å². The van der Waals surface area contributed by atoms with Crippen molar-refractivity contribution in [2.24, 2.45) is 0 Å². The van der Waals surface area contributed by atoms with Gasteiger partial charge >= 0.3 is 0 Å². The summed E-state index contributed by atoms with van der Waals surface area (Å²) in [4.78, 5) is 0.930. The summed E-state index contributed by atoms with van der Waals surface area (Å²) in [6.45, 7) is 0. The van der Waals surface area contributed by atoms with Crippen molar-refractivity contribution in [2.45, 2.75) is 50.7 Å². The highest BCUT2D eigenvalue weighted by molar-refractivity contribution is 7.10. The number of rotatable bonds is 5. The average Bonchev–Trinajstić information content (AvgIpc) is 3.17. The minimum absolute atomic E-state index is 0.506. The van der Waals surface area contributed by atoms with Crippen molar-refractivity contribution >= 4 is 11.3 Å². The molecule has 0 amide bonds. The molecular weight excluding hydrogens is 284 g/mol. The van der Waals surface area contributed by atoms with Crippen LogP contribution in [0.3, 0.4) is 0 Å². The minimum atomic E-state index is -0.506. The van der Waals surface area contributed by atoms with E-state index in [1.165, 1.54) is 43.4 Å². The van der Waals surface area contributed by atoms with Crippen molar-refractivity contribution in [3.63, 3.8) is 0 Å². The largest absolute Gasteiger partial charge is 0.496 e. The van der Waals surface area contributed by atoms with Gasteiger partial charge in [0, 0.05) is 22.9 Å². The van der Waals surface area contributed by atoms with E-state index in [1.54, 1.807) is 7.11 Å². The van der Waals surface area contributed by atoms with Crippen LogP contribution in [0.15, 0.2) is 23.7 Å². The van der Waals surface area contributed by atoms with Gasteiger partial charge in [-0.3, -0.25) is 4.68 Å². The van der Waals surface area contributed by atoms with Crippen LogP contribution in [0.1, 0.15) is 54.8 Å². The van der Waals surface area contributed by atoms with E-state index in [2.05, 4.69) is 16.0 Å². The summed E-state index contributed by atoms with van der Waals surface area (Å²) in [5.74, 6) is 0.807. The van der Waals surface area contributed by atoms with E-state index in [0.29, 0.717) is 12.5 Å². The highest BCUT2D eigenvalue weighted by Crippen LogP contribution is 2.30. The summed E-state index contributed by atoms with van der Waals surface area (Å²) in [6, 6.07) is 4.47. The van der Waals surface area contributed by atoms with E-state index in [0.717, 1.165) is 16.3 Å². The monoisotopic (exact) mass is 306 g/mol. The quantitative estimate of drug-likeness (QED) is 0.915. The van der Waals surface area contributed by atoms with Gasteiger partial charge in [-0.15, -0.1) is 11.3 Å². The van der Waals surface area contributed by atoms with Crippen LogP contribution >= 0.6 is 11.3 Å². The molecule has 0 saturated heterocycles. The molecule has 1 aliphatic rings. The smallest absolute Gasteiger partial charge is 0.129 e. The van der Waals surface area contributed by atoms with Crippen LogP contribution in [0, 0.1) is 0 Å². The first kappa shape index (κ1) is 14.6. The van der Waals surface area contributed by atoms with E-state index < -0.39 is 6.10 Å². The molecule has 1 saturated carbocycles. The molecule has 0 radical (unpaired) electrons. The van der Waals surface area contributed by atoms with Gasteiger partial charge in [-0.25, -0.2) is 0 Å². The van der Waals surface area contributed by atoms with Gasteiger partial charge in [0.2, 0.25) is 0 Å². The van der Waals surface area contributed by atoms with Gasteiger partial charge in [0.25, 0.3) is 0 Å². The Kier molecular flexibility index (Phi) is 4.60. The Bertz CT molecular complexity index is 572. The van der Waals surface area contributed by atoms with E-state index in [4.69, 9.17) is 4.74 Å². The second-order valence-electron chi connectivity index (χ2n) is 5.69. The minimum Gasteiger partial charge on any atom is -0.496 e. The summed E-state index contributed by atoms with van der Waals surface area (Å²) in [5, 5.41) is 16.9. The summed E-state index contributed by atoms with van der Waals surface area (Å²) < 4.78 is 7.25. The number of hydrogen-bond donors (Lipinski definition) is 1. The number of aromatic nitrogens is 2. The summed E-state index contributed by atoms with van der Waals surface area (Å²) in [6.07, 6.45) is 8.53. The normalized spacial score (nSPS) is 17.8. The lowest BCUT2D eigenvalue weighted by Gasteiger charge is -2.21. The molecular formula is C16H22N2O2S. The Labute approximate surface area is 129 Å². The van der Waals surface area contributed by atoms with Gasteiger partial charge in [0.15, 0.2) is 0 Å². The van der Waals surface area contributed by atoms with Crippen LogP contribution in [0.4, 0.5) is 0 Å². The highest BCUT2D eigenvalue weighted by Gasteiger charge is 2.18. The number of ether oxygens (including phenoxy) is 1. The van der Waals surface area contributed by atoms with Gasteiger partial charge in [-0.2, -0.15) is 5.10 Å². The summed E-state index contributed by atoms with van der Waals surface area (Å²) in [5.41, 5.74) is 0.959. The molecule has 114 valence electrons. The van der Waals surface area contributed by atoms with Crippen LogP contribution in [-0.2, 0) is 6.42 Å². The Hall–Kier alpha value is -1.33. The third kappa shape index (κ3) is 3.47. The average molecular weight is 306 g/mol. The summed E-state index contributed by atoms with van der Waals surface area (Å²) in [7, 11) is 1.64. The molecule has 0 aliphatic heterocycles. The van der Waals surface area contributed by atoms with E-state index in [1.807, 2.05) is 17.5 Å². The topological polar surface area (TPSA) is 47.3 Å². The lowest BCUT2D eigenvalue weighted by Crippen LogP contribution is -2.13. The van der Waals surface area contributed by atoms with Crippen molar-refractivity contribution < 1.29 is 9.84 Å². The van der Waals surface area contributed by atoms with Gasteiger partial charge < -0.3 is 9.84 Å². The lowest BCUT2D eigenvalue weighted by atomic mass is 9.96. The SMILES string of the molecule is COc1csc(C(O)Cc2ccn(C3CCCCC3)n2)c1. The molecule has 2 aromatic rings. The molecule has 0 aromatic carbocycles. The number of nitrogens with zero attached hydrogens (tertiary/aromatic N) is 2. The third-order valence-corrected chi connectivity index (χ3v) is 5.19. The Morgan fingerprint density at radius 2 is 2.24 bits per heavy atom. The molecule has 1 aliphatic carbocycles. The molecule has 1 N–H and O–H groups in total. The molecule has 21 heavy (non-hydrogen) atoms. The number of hydrogen-bond acceptors (Lipinski definition) is 4. The zero-order valence-electron chi connectivity index (χ0n) is 12.4. The third-order valence-electron chi connectivity index (χ3n) is 4.17. The fraction of sp³-hybridized carbons (Fsp3) is 0.562. The predicted molar refractivity (Wildman–Crippen MR) is 83.9 cm³/mol. The Morgan fingerprint density at radius 3 is 2.95 bits per heavy atom. The van der Waals surface area contributed by atoms with Crippen LogP contribution in [-0.4, -0.2) is 22.0 Å². The zero-order valence-corrected chi connectivity index (χ0v) is 13.2. The van der Waals surface area contributed by atoms with Gasteiger partial charge in [-0.1, -0.05) is 19.3 Å². The standard InChI is InChI=1S/C16H22N2O2S/c1-20-14-10-16(21-11-14)15(19)9-12-7-8-18(17-12)13-5-3-2-4-6-13/h7-8,10-11,13,15,19H,2-6,9H2,1H3. The number of aliphatic hydroxyl groups excluding tert-OH is 1. The molecule has 2 heterocycles. The van der Waals surface area contributed by atoms with Crippen molar-refractivity contribution in [1.82, 2.24) is 9.78 Å². The van der Waals surface area contributed by atoms with Crippen molar-refractivity contribution in [2.75, 3.05) is 7.11 Å². The van der Waals surface area contributed by atoms with E-state index in [-0.39, 0.29) is 0 Å². The molecule has 0 bridgehead atoms. The number of methoxy groups -OCH3 is 1. The molecule has 2 aromatic heterocycles. The van der Waals surface area contributed by atoms with Crippen molar-refractivity contribution in [1.29, 1.82) is 0 Å². The fourth-order valence-electron chi connectivity index (χ4n) is 2.95. The maximum Gasteiger partial charge on any atom is 0.129 e. The van der Waals surface area contributed by atoms with Crippen LogP contribution < -0.4 is 4.74 Å². The lowest BCUT2D eigenvalue weighted by molar-refractivity contribution is 0.180. The summed E-state index contributed by atoms with van der Waals surface area (Å²) >= 11 is 1.53. The Morgan fingerprint density at radius 1 is 1.43 bits per heavy atom. The molecule has 0 spiro atoms. The zero-order chi connectivity index (χ0) is 14.7. The molecule has 1 fully saturated rings. The van der Waals surface area contributed by atoms with Gasteiger partial charge in [0.1, 0.15) is 5.75 Å². The highest BCUT2D eigenvalue weighted by atomic mass is 32.1. The maximum absolute atomic E-state index is 10.3. The van der Waals surface area contributed by atoms with Crippen LogP contribution in [0.5, 0.6) is 5.75 Å². The first-order valence-electron chi connectivity index (χ1n) is 7.61.